The molecule has 164 valence electrons. The summed E-state index contributed by atoms with van der Waals surface area (Å²) in [6.45, 7) is 1.92. The fourth-order valence-electron chi connectivity index (χ4n) is 2.94. The predicted octanol–water partition coefficient (Wildman–Crippen LogP) is 2.63. The zero-order chi connectivity index (χ0) is 20.4. The van der Waals surface area contributed by atoms with Crippen molar-refractivity contribution in [3.05, 3.63) is 23.8 Å². The van der Waals surface area contributed by atoms with Crippen molar-refractivity contribution in [2.24, 2.45) is 4.99 Å². The second-order valence-corrected chi connectivity index (χ2v) is 6.32. The number of carbonyl (C=O) groups excluding carboxylic acids is 1. The van der Waals surface area contributed by atoms with Crippen LogP contribution in [0.1, 0.15) is 25.3 Å². The molecule has 2 N–H and O–H groups in total. The molecule has 1 fully saturated rings. The zero-order valence-corrected chi connectivity index (χ0v) is 19.1. The van der Waals surface area contributed by atoms with Crippen molar-refractivity contribution in [2.75, 3.05) is 39.8 Å². The van der Waals surface area contributed by atoms with Crippen LogP contribution in [0.2, 0.25) is 0 Å². The molecule has 1 amide bonds. The highest BCUT2D eigenvalue weighted by Gasteiger charge is 2.17. The molecule has 0 bridgehead atoms. The van der Waals surface area contributed by atoms with Gasteiger partial charge in [-0.15, -0.1) is 24.0 Å². The van der Waals surface area contributed by atoms with E-state index in [-0.39, 0.29) is 47.9 Å². The third-order valence-corrected chi connectivity index (χ3v) is 4.33. The molecular weight excluding hydrogens is 497 g/mol. The Bertz CT molecular complexity index is 671. The molecule has 0 aliphatic carbocycles. The van der Waals surface area contributed by atoms with E-state index in [0.717, 1.165) is 31.5 Å². The third-order valence-electron chi connectivity index (χ3n) is 4.33. The van der Waals surface area contributed by atoms with Crippen molar-refractivity contribution in [1.82, 2.24) is 15.5 Å². The van der Waals surface area contributed by atoms with E-state index in [4.69, 9.17) is 4.74 Å². The van der Waals surface area contributed by atoms with Crippen molar-refractivity contribution in [3.63, 3.8) is 0 Å². The van der Waals surface area contributed by atoms with Crippen molar-refractivity contribution in [3.8, 4) is 11.5 Å². The van der Waals surface area contributed by atoms with Crippen LogP contribution >= 0.6 is 24.0 Å². The number of methoxy groups -OCH3 is 1. The average Bonchev–Trinajstić information content (AvgIpc) is 3.20. The lowest BCUT2D eigenvalue weighted by molar-refractivity contribution is -0.128. The number of hydrogen-bond acceptors (Lipinski definition) is 4. The van der Waals surface area contributed by atoms with Crippen LogP contribution in [0.3, 0.4) is 0 Å². The van der Waals surface area contributed by atoms with E-state index in [2.05, 4.69) is 20.4 Å². The Morgan fingerprint density at radius 2 is 1.97 bits per heavy atom. The first-order valence-electron chi connectivity index (χ1n) is 9.45. The number of ether oxygens (including phenoxy) is 2. The van der Waals surface area contributed by atoms with Gasteiger partial charge in [0.1, 0.15) is 6.54 Å². The van der Waals surface area contributed by atoms with Gasteiger partial charge in [0.15, 0.2) is 17.5 Å². The second kappa shape index (κ2) is 13.4. The number of nitrogens with one attached hydrogen (secondary N) is 2. The van der Waals surface area contributed by atoms with Crippen molar-refractivity contribution in [1.29, 1.82) is 0 Å². The first kappa shape index (κ1) is 25.2. The van der Waals surface area contributed by atoms with Crippen LogP contribution in [0.4, 0.5) is 8.78 Å². The monoisotopic (exact) mass is 526 g/mol. The van der Waals surface area contributed by atoms with Crippen LogP contribution in [-0.2, 0) is 11.2 Å². The average molecular weight is 526 g/mol. The Morgan fingerprint density at radius 3 is 2.59 bits per heavy atom. The van der Waals surface area contributed by atoms with Crippen molar-refractivity contribution in [2.45, 2.75) is 32.8 Å². The number of guanidine groups is 1. The summed E-state index contributed by atoms with van der Waals surface area (Å²) in [5.41, 5.74) is 0.813. The number of alkyl halides is 2. The molecule has 1 aliphatic heterocycles. The first-order valence-corrected chi connectivity index (χ1v) is 9.45. The topological polar surface area (TPSA) is 75.2 Å². The molecule has 2 rings (SSSR count). The molecule has 1 aromatic carbocycles. The van der Waals surface area contributed by atoms with Gasteiger partial charge in [0, 0.05) is 26.2 Å². The highest BCUT2D eigenvalue weighted by Crippen LogP contribution is 2.29. The first-order chi connectivity index (χ1) is 13.5. The molecule has 1 saturated heterocycles. The predicted molar refractivity (Wildman–Crippen MR) is 119 cm³/mol. The molecule has 1 aromatic rings. The van der Waals surface area contributed by atoms with E-state index in [1.54, 1.807) is 12.1 Å². The normalized spacial score (nSPS) is 13.8. The van der Waals surface area contributed by atoms with Crippen LogP contribution in [-0.4, -0.2) is 63.2 Å². The highest BCUT2D eigenvalue weighted by molar-refractivity contribution is 14.0. The van der Waals surface area contributed by atoms with E-state index in [9.17, 15) is 13.6 Å². The number of carbonyl (C=O) groups is 1. The molecule has 0 saturated carbocycles. The number of aliphatic imine (C=N–C) groups is 1. The fourth-order valence-corrected chi connectivity index (χ4v) is 2.94. The molecule has 7 nitrogen and oxygen atoms in total. The number of likely N-dealkylation sites (tertiary alicyclic amines) is 1. The summed E-state index contributed by atoms with van der Waals surface area (Å²) in [4.78, 5) is 18.3. The van der Waals surface area contributed by atoms with Gasteiger partial charge in [0.2, 0.25) is 5.91 Å². The van der Waals surface area contributed by atoms with E-state index in [0.29, 0.717) is 25.5 Å². The van der Waals surface area contributed by atoms with Gasteiger partial charge in [-0.3, -0.25) is 4.79 Å². The van der Waals surface area contributed by atoms with Gasteiger partial charge in [0.05, 0.1) is 7.11 Å². The Kier molecular flexibility index (Phi) is 11.6. The Hall–Kier alpha value is -1.85. The minimum atomic E-state index is -2.91. The molecule has 0 spiro atoms. The van der Waals surface area contributed by atoms with Gasteiger partial charge >= 0.3 is 6.61 Å². The minimum absolute atomic E-state index is 0. The second-order valence-electron chi connectivity index (χ2n) is 6.32. The Labute approximate surface area is 187 Å². The lowest BCUT2D eigenvalue weighted by atomic mass is 10.1. The van der Waals surface area contributed by atoms with Gasteiger partial charge in [-0.2, -0.15) is 8.78 Å². The number of rotatable bonds is 9. The van der Waals surface area contributed by atoms with E-state index < -0.39 is 6.61 Å². The van der Waals surface area contributed by atoms with Crippen LogP contribution in [0.25, 0.3) is 0 Å². The molecule has 0 unspecified atom stereocenters. The zero-order valence-electron chi connectivity index (χ0n) is 16.7. The third kappa shape index (κ3) is 8.58. The Morgan fingerprint density at radius 1 is 1.24 bits per heavy atom. The van der Waals surface area contributed by atoms with E-state index >= 15 is 0 Å². The summed E-state index contributed by atoms with van der Waals surface area (Å²) in [5, 5.41) is 6.25. The standard InChI is InChI=1S/C19H28F2N4O3.HI/c1-3-22-19(24-13-17(26)25-10-4-5-11-25)23-9-8-14-6-7-15(27-2)16(12-14)28-18(20)21;/h6-7,12,18H,3-5,8-11,13H2,1-2H3,(H2,22,23,24);1H. The molecular formula is C19H29F2IN4O3. The van der Waals surface area contributed by atoms with Crippen LogP contribution in [0.5, 0.6) is 11.5 Å². The summed E-state index contributed by atoms with van der Waals surface area (Å²) in [7, 11) is 1.40. The van der Waals surface area contributed by atoms with Gasteiger partial charge in [-0.25, -0.2) is 4.99 Å². The molecule has 1 heterocycles. The maximum atomic E-state index is 12.5. The molecule has 0 aromatic heterocycles. The lowest BCUT2D eigenvalue weighted by Gasteiger charge is -2.15. The van der Waals surface area contributed by atoms with Crippen LogP contribution in [0.15, 0.2) is 23.2 Å². The molecule has 0 atom stereocenters. The highest BCUT2D eigenvalue weighted by atomic mass is 127. The number of hydrogen-bond donors (Lipinski definition) is 2. The Balaban J connectivity index is 0.00000420. The van der Waals surface area contributed by atoms with Gasteiger partial charge in [-0.1, -0.05) is 6.07 Å². The molecule has 0 radical (unpaired) electrons. The van der Waals surface area contributed by atoms with Crippen molar-refractivity contribution < 1.29 is 23.0 Å². The summed E-state index contributed by atoms with van der Waals surface area (Å²) < 4.78 is 34.6. The molecule has 29 heavy (non-hydrogen) atoms. The smallest absolute Gasteiger partial charge is 0.387 e. The number of benzene rings is 1. The van der Waals surface area contributed by atoms with Crippen molar-refractivity contribution >= 4 is 35.8 Å². The summed E-state index contributed by atoms with van der Waals surface area (Å²) in [6.07, 6.45) is 2.66. The lowest BCUT2D eigenvalue weighted by Crippen LogP contribution is -2.39. The number of nitrogens with zero attached hydrogens (tertiary/aromatic N) is 2. The summed E-state index contributed by atoms with van der Waals surface area (Å²) in [5.74, 6) is 0.838. The summed E-state index contributed by atoms with van der Waals surface area (Å²) >= 11 is 0. The largest absolute Gasteiger partial charge is 0.493 e. The number of amides is 1. The minimum Gasteiger partial charge on any atom is -0.493 e. The van der Waals surface area contributed by atoms with Crippen LogP contribution in [0, 0.1) is 0 Å². The van der Waals surface area contributed by atoms with Crippen LogP contribution < -0.4 is 20.1 Å². The number of halogens is 3. The molecule has 10 heteroatoms. The van der Waals surface area contributed by atoms with Gasteiger partial charge < -0.3 is 25.0 Å². The quantitative estimate of drug-likeness (QED) is 0.294. The van der Waals surface area contributed by atoms with Gasteiger partial charge in [-0.05, 0) is 43.9 Å². The fraction of sp³-hybridized carbons (Fsp3) is 0.579. The maximum absolute atomic E-state index is 12.5. The molecule has 1 aliphatic rings. The summed E-state index contributed by atoms with van der Waals surface area (Å²) in [6, 6.07) is 4.93. The SMILES string of the molecule is CCNC(=NCC(=O)N1CCCC1)NCCc1ccc(OC)c(OC(F)F)c1.I. The van der Waals surface area contributed by atoms with E-state index in [1.807, 2.05) is 11.8 Å². The van der Waals surface area contributed by atoms with E-state index in [1.165, 1.54) is 13.2 Å². The maximum Gasteiger partial charge on any atom is 0.387 e. The van der Waals surface area contributed by atoms with Gasteiger partial charge in [0.25, 0.3) is 0 Å².